The zero-order chi connectivity index (χ0) is 12.8. The minimum absolute atomic E-state index is 0.624. The lowest BCUT2D eigenvalue weighted by molar-refractivity contribution is 0.673. The van der Waals surface area contributed by atoms with Crippen LogP contribution in [0.5, 0.6) is 0 Å². The summed E-state index contributed by atoms with van der Waals surface area (Å²) in [6.07, 6.45) is 3.37. The number of alkyl halides is 1. The van der Waals surface area contributed by atoms with Gasteiger partial charge in [-0.25, -0.2) is 0 Å². The Morgan fingerprint density at radius 1 is 1.41 bits per heavy atom. The van der Waals surface area contributed by atoms with E-state index in [1.807, 2.05) is 11.8 Å². The van der Waals surface area contributed by atoms with Gasteiger partial charge in [-0.15, -0.1) is 0 Å². The summed E-state index contributed by atoms with van der Waals surface area (Å²) < 4.78 is 0. The zero-order valence-corrected chi connectivity index (χ0v) is 13.6. The molecule has 1 unspecified atom stereocenters. The zero-order valence-electron chi connectivity index (χ0n) is 11.2. The van der Waals surface area contributed by atoms with Crippen LogP contribution in [0.2, 0.25) is 0 Å². The van der Waals surface area contributed by atoms with Crippen molar-refractivity contribution in [1.82, 2.24) is 0 Å². The molecule has 0 saturated heterocycles. The highest BCUT2D eigenvalue weighted by Gasteiger charge is 2.13. The molecule has 17 heavy (non-hydrogen) atoms. The third kappa shape index (κ3) is 3.92. The number of benzene rings is 1. The highest BCUT2D eigenvalue weighted by molar-refractivity contribution is 9.08. The number of rotatable bonds is 6. The van der Waals surface area contributed by atoms with Gasteiger partial charge in [-0.2, -0.15) is 11.8 Å². The molecule has 0 heterocycles. The number of nitrogens with zero attached hydrogens (tertiary/aromatic N) is 1. The van der Waals surface area contributed by atoms with Gasteiger partial charge < -0.3 is 4.90 Å². The van der Waals surface area contributed by atoms with Gasteiger partial charge in [0, 0.05) is 29.9 Å². The number of hydrogen-bond donors (Lipinski definition) is 0. The van der Waals surface area contributed by atoms with E-state index < -0.39 is 0 Å². The molecule has 1 rings (SSSR count). The highest BCUT2D eigenvalue weighted by Crippen LogP contribution is 2.23. The molecule has 1 atom stereocenters. The number of hydrogen-bond acceptors (Lipinski definition) is 2. The summed E-state index contributed by atoms with van der Waals surface area (Å²) in [5, 5.41) is 0.935. The van der Waals surface area contributed by atoms with Crippen LogP contribution in [-0.2, 0) is 5.33 Å². The van der Waals surface area contributed by atoms with Gasteiger partial charge in [0.2, 0.25) is 0 Å². The fraction of sp³-hybridized carbons (Fsp3) is 0.571. The second kappa shape index (κ2) is 7.32. The molecule has 0 amide bonds. The Labute approximate surface area is 118 Å². The molecular formula is C14H22BrNS. The summed E-state index contributed by atoms with van der Waals surface area (Å²) in [6, 6.07) is 7.37. The van der Waals surface area contributed by atoms with E-state index in [4.69, 9.17) is 0 Å². The van der Waals surface area contributed by atoms with Gasteiger partial charge in [0.25, 0.3) is 0 Å². The van der Waals surface area contributed by atoms with Crippen molar-refractivity contribution in [2.24, 2.45) is 0 Å². The van der Waals surface area contributed by atoms with Crippen molar-refractivity contribution in [2.75, 3.05) is 24.0 Å². The molecule has 1 aromatic rings. The predicted molar refractivity (Wildman–Crippen MR) is 84.7 cm³/mol. The van der Waals surface area contributed by atoms with Crippen molar-refractivity contribution in [3.63, 3.8) is 0 Å². The number of halogens is 1. The van der Waals surface area contributed by atoms with Gasteiger partial charge in [0.1, 0.15) is 0 Å². The van der Waals surface area contributed by atoms with Gasteiger partial charge in [0.05, 0.1) is 0 Å². The van der Waals surface area contributed by atoms with Crippen LogP contribution in [0.3, 0.4) is 0 Å². The minimum Gasteiger partial charge on any atom is -0.371 e. The Balaban J connectivity index is 2.87. The third-order valence-electron chi connectivity index (χ3n) is 3.26. The fourth-order valence-corrected chi connectivity index (χ4v) is 3.43. The van der Waals surface area contributed by atoms with E-state index in [1.54, 1.807) is 0 Å². The van der Waals surface area contributed by atoms with E-state index in [9.17, 15) is 0 Å². The summed E-state index contributed by atoms with van der Waals surface area (Å²) in [4.78, 5) is 2.40. The van der Waals surface area contributed by atoms with Crippen LogP contribution >= 0.6 is 27.7 Å². The first-order valence-electron chi connectivity index (χ1n) is 6.01. The van der Waals surface area contributed by atoms with E-state index in [2.05, 4.69) is 66.2 Å². The van der Waals surface area contributed by atoms with Crippen LogP contribution in [0, 0.1) is 6.92 Å². The van der Waals surface area contributed by atoms with Crippen LogP contribution in [0.25, 0.3) is 0 Å². The molecule has 0 radical (unpaired) electrons. The Morgan fingerprint density at radius 3 is 2.59 bits per heavy atom. The van der Waals surface area contributed by atoms with Crippen LogP contribution in [0.4, 0.5) is 5.69 Å². The molecule has 0 saturated carbocycles. The molecule has 0 aromatic heterocycles. The molecule has 96 valence electrons. The standard InChI is InChI=1S/C14H22BrNS/c1-5-13(10-17-4)16(3)14-7-6-12(9-15)11(2)8-14/h6-8,13H,5,9-10H2,1-4H3. The monoisotopic (exact) mass is 315 g/mol. The predicted octanol–water partition coefficient (Wildman–Crippen LogP) is 4.47. The van der Waals surface area contributed by atoms with Crippen molar-refractivity contribution in [1.29, 1.82) is 0 Å². The molecule has 0 fully saturated rings. The quantitative estimate of drug-likeness (QED) is 0.713. The molecule has 0 spiro atoms. The first kappa shape index (κ1) is 14.9. The highest BCUT2D eigenvalue weighted by atomic mass is 79.9. The van der Waals surface area contributed by atoms with Crippen molar-refractivity contribution in [3.05, 3.63) is 29.3 Å². The minimum atomic E-state index is 0.624. The molecule has 0 bridgehead atoms. The first-order chi connectivity index (χ1) is 8.13. The maximum Gasteiger partial charge on any atom is 0.0374 e. The van der Waals surface area contributed by atoms with Crippen molar-refractivity contribution < 1.29 is 0 Å². The molecule has 3 heteroatoms. The SMILES string of the molecule is CCC(CSC)N(C)c1ccc(CBr)c(C)c1. The van der Waals surface area contributed by atoms with Gasteiger partial charge in [-0.05, 0) is 42.9 Å². The molecule has 0 N–H and O–H groups in total. The van der Waals surface area contributed by atoms with E-state index in [0.717, 1.165) is 5.33 Å². The maximum atomic E-state index is 3.52. The Bertz CT molecular complexity index is 354. The number of aryl methyl sites for hydroxylation is 1. The van der Waals surface area contributed by atoms with Gasteiger partial charge in [-0.3, -0.25) is 0 Å². The molecular weight excluding hydrogens is 294 g/mol. The molecule has 1 aromatic carbocycles. The normalized spacial score (nSPS) is 12.5. The molecule has 0 aliphatic rings. The Morgan fingerprint density at radius 2 is 2.12 bits per heavy atom. The van der Waals surface area contributed by atoms with Crippen molar-refractivity contribution >= 4 is 33.4 Å². The van der Waals surface area contributed by atoms with Gasteiger partial charge in [-0.1, -0.05) is 28.9 Å². The summed E-state index contributed by atoms with van der Waals surface area (Å²) >= 11 is 5.44. The summed E-state index contributed by atoms with van der Waals surface area (Å²) in [6.45, 7) is 4.44. The van der Waals surface area contributed by atoms with E-state index in [0.29, 0.717) is 6.04 Å². The smallest absolute Gasteiger partial charge is 0.0374 e. The van der Waals surface area contributed by atoms with Gasteiger partial charge >= 0.3 is 0 Å². The van der Waals surface area contributed by atoms with E-state index in [-0.39, 0.29) is 0 Å². The van der Waals surface area contributed by atoms with E-state index >= 15 is 0 Å². The molecule has 0 aliphatic heterocycles. The summed E-state index contributed by atoms with van der Waals surface area (Å²) in [7, 11) is 2.20. The fourth-order valence-electron chi connectivity index (χ4n) is 1.96. The lowest BCUT2D eigenvalue weighted by Crippen LogP contribution is -2.33. The lowest BCUT2D eigenvalue weighted by Gasteiger charge is -2.29. The first-order valence-corrected chi connectivity index (χ1v) is 8.52. The second-order valence-corrected chi connectivity index (χ2v) is 5.84. The number of thioether (sulfide) groups is 1. The average Bonchev–Trinajstić information content (AvgIpc) is 2.35. The van der Waals surface area contributed by atoms with Crippen molar-refractivity contribution in [3.8, 4) is 0 Å². The van der Waals surface area contributed by atoms with Crippen LogP contribution in [0.1, 0.15) is 24.5 Å². The van der Waals surface area contributed by atoms with E-state index in [1.165, 1.54) is 29.0 Å². The average molecular weight is 316 g/mol. The van der Waals surface area contributed by atoms with Crippen LogP contribution < -0.4 is 4.90 Å². The topological polar surface area (TPSA) is 3.24 Å². The molecule has 0 aliphatic carbocycles. The van der Waals surface area contributed by atoms with Crippen LogP contribution in [0.15, 0.2) is 18.2 Å². The summed E-state index contributed by atoms with van der Waals surface area (Å²) in [5.41, 5.74) is 4.07. The lowest BCUT2D eigenvalue weighted by atomic mass is 10.1. The second-order valence-electron chi connectivity index (χ2n) is 4.37. The Hall–Kier alpha value is -0.150. The third-order valence-corrected chi connectivity index (χ3v) is 4.58. The summed E-state index contributed by atoms with van der Waals surface area (Å²) in [5.74, 6) is 1.19. The number of anilines is 1. The maximum absolute atomic E-state index is 3.52. The van der Waals surface area contributed by atoms with Crippen LogP contribution in [-0.4, -0.2) is 25.1 Å². The molecule has 1 nitrogen and oxygen atoms in total. The van der Waals surface area contributed by atoms with Crippen molar-refractivity contribution in [2.45, 2.75) is 31.6 Å². The largest absolute Gasteiger partial charge is 0.371 e. The van der Waals surface area contributed by atoms with Gasteiger partial charge in [0.15, 0.2) is 0 Å². The Kier molecular flexibility index (Phi) is 6.42.